The summed E-state index contributed by atoms with van der Waals surface area (Å²) in [6.07, 6.45) is 0. The lowest BCUT2D eigenvalue weighted by Gasteiger charge is -2.06. The first kappa shape index (κ1) is 14.1. The quantitative estimate of drug-likeness (QED) is 0.427. The van der Waals surface area contributed by atoms with Gasteiger partial charge in [-0.05, 0) is 16.0 Å². The molecule has 0 aromatic carbocycles. The van der Waals surface area contributed by atoms with E-state index in [2.05, 4.69) is 14.0 Å². The summed E-state index contributed by atoms with van der Waals surface area (Å²) < 4.78 is 43.0. The third kappa shape index (κ3) is 8.68. The Labute approximate surface area is 82.0 Å². The molecule has 5 nitrogen and oxygen atoms in total. The predicted molar refractivity (Wildman–Crippen MR) is 44.6 cm³/mol. The number of hydrogen-bond donors (Lipinski definition) is 0. The van der Waals surface area contributed by atoms with Gasteiger partial charge in [-0.3, -0.25) is 0 Å². The minimum atomic E-state index is -2.53. The van der Waals surface area contributed by atoms with Crippen LogP contribution in [0.5, 0.6) is 0 Å². The highest BCUT2D eigenvalue weighted by molar-refractivity contribution is 7.41. The highest BCUT2D eigenvalue weighted by Gasteiger charge is 2.13. The molecule has 0 aromatic heterocycles. The van der Waals surface area contributed by atoms with Crippen LogP contribution < -0.4 is 0 Å². The zero-order valence-corrected chi connectivity index (χ0v) is 8.67. The molecule has 0 atom stereocenters. The van der Waals surface area contributed by atoms with E-state index in [0.29, 0.717) is 19.8 Å². The van der Waals surface area contributed by atoms with E-state index in [-0.39, 0.29) is 13.2 Å². The molecule has 0 saturated heterocycles. The average Bonchev–Trinajstić information content (AvgIpc) is 2.22. The molecule has 0 fully saturated rings. The first-order valence-electron chi connectivity index (χ1n) is 4.01. The molecule has 0 saturated carbocycles. The van der Waals surface area contributed by atoms with E-state index in [4.69, 9.17) is 9.47 Å². The van der Waals surface area contributed by atoms with Crippen LogP contribution in [0.15, 0.2) is 0 Å². The van der Waals surface area contributed by atoms with Crippen LogP contribution in [0, 0.1) is 0 Å². The predicted octanol–water partition coefficient (Wildman–Crippen LogP) is 2.09. The van der Waals surface area contributed by atoms with Gasteiger partial charge >= 0.3 is 8.60 Å². The minimum Gasteiger partial charge on any atom is -0.379 e. The maximum atomic E-state index is 11.3. The molecule has 0 unspecified atom stereocenters. The van der Waals surface area contributed by atoms with Crippen molar-refractivity contribution >= 4 is 8.60 Å². The van der Waals surface area contributed by atoms with Gasteiger partial charge in [0.25, 0.3) is 0 Å². The van der Waals surface area contributed by atoms with Crippen LogP contribution in [-0.2, 0) is 23.5 Å². The maximum Gasteiger partial charge on any atom is 0.403 e. The number of hydrogen-bond acceptors (Lipinski definition) is 5. The molecule has 0 spiro atoms. The van der Waals surface area contributed by atoms with Crippen molar-refractivity contribution in [1.29, 1.82) is 0 Å². The Morgan fingerprint density at radius 2 is 1.50 bits per heavy atom. The fourth-order valence-electron chi connectivity index (χ4n) is 0.585. The second-order valence-corrected chi connectivity index (χ2v) is 2.99. The molecule has 14 heavy (non-hydrogen) atoms. The molecule has 0 radical (unpaired) electrons. The standard InChI is InChI=1S/C6H13F2O5P/c1-2-9-3-4-10-5-6-11-14(12-7)13-8/h2-6H2,1H3. The van der Waals surface area contributed by atoms with Crippen LogP contribution in [0.4, 0.5) is 9.05 Å². The molecule has 0 N–H and O–H groups in total. The number of halogens is 2. The molecular formula is C6H13F2O5P. The Hall–Kier alpha value is 0.0900. The van der Waals surface area contributed by atoms with Gasteiger partial charge in [0.1, 0.15) is 0 Å². The Balaban J connectivity index is 3.04. The van der Waals surface area contributed by atoms with E-state index in [9.17, 15) is 9.05 Å². The second kappa shape index (κ2) is 11.2. The molecule has 8 heteroatoms. The van der Waals surface area contributed by atoms with Crippen molar-refractivity contribution in [2.24, 2.45) is 0 Å². The van der Waals surface area contributed by atoms with E-state index in [1.54, 1.807) is 0 Å². The summed E-state index contributed by atoms with van der Waals surface area (Å²) in [5.41, 5.74) is 0. The van der Waals surface area contributed by atoms with Crippen molar-refractivity contribution in [2.75, 3.05) is 33.0 Å². The zero-order chi connectivity index (χ0) is 10.6. The summed E-state index contributed by atoms with van der Waals surface area (Å²) in [4.78, 5) is 0. The molecule has 86 valence electrons. The fourth-order valence-corrected chi connectivity index (χ4v) is 0.910. The van der Waals surface area contributed by atoms with Gasteiger partial charge in [-0.25, -0.2) is 0 Å². The van der Waals surface area contributed by atoms with Crippen LogP contribution in [-0.4, -0.2) is 33.0 Å². The van der Waals surface area contributed by atoms with Crippen molar-refractivity contribution < 1.29 is 32.5 Å². The fraction of sp³-hybridized carbons (Fsp3) is 1.00. The van der Waals surface area contributed by atoms with Gasteiger partial charge in [0.15, 0.2) is 0 Å². The molecule has 0 bridgehead atoms. The monoisotopic (exact) mass is 234 g/mol. The summed E-state index contributed by atoms with van der Waals surface area (Å²) in [6, 6.07) is 0. The van der Waals surface area contributed by atoms with Crippen LogP contribution >= 0.6 is 8.60 Å². The van der Waals surface area contributed by atoms with Gasteiger partial charge in [-0.1, -0.05) is 0 Å². The largest absolute Gasteiger partial charge is 0.403 e. The van der Waals surface area contributed by atoms with Crippen LogP contribution in [0.3, 0.4) is 0 Å². The third-order valence-corrected chi connectivity index (χ3v) is 1.73. The minimum absolute atomic E-state index is 0.00827. The summed E-state index contributed by atoms with van der Waals surface area (Å²) in [5.74, 6) is 0. The lowest BCUT2D eigenvalue weighted by atomic mass is 10.7. The average molecular weight is 234 g/mol. The van der Waals surface area contributed by atoms with Gasteiger partial charge in [0.2, 0.25) is 0 Å². The third-order valence-electron chi connectivity index (χ3n) is 1.11. The second-order valence-electron chi connectivity index (χ2n) is 2.00. The van der Waals surface area contributed by atoms with Gasteiger partial charge in [-0.15, -0.1) is 9.46 Å². The zero-order valence-electron chi connectivity index (χ0n) is 7.78. The SMILES string of the molecule is CCOCCOCCOP(OF)OF. The topological polar surface area (TPSA) is 46.2 Å². The van der Waals surface area contributed by atoms with Crippen molar-refractivity contribution in [3.8, 4) is 0 Å². The van der Waals surface area contributed by atoms with E-state index in [0.717, 1.165) is 0 Å². The molecule has 0 aliphatic carbocycles. The van der Waals surface area contributed by atoms with Crippen molar-refractivity contribution in [3.63, 3.8) is 0 Å². The highest BCUT2D eigenvalue weighted by atomic mass is 31.2. The van der Waals surface area contributed by atoms with Crippen molar-refractivity contribution in [1.82, 2.24) is 0 Å². The Morgan fingerprint density at radius 1 is 0.929 bits per heavy atom. The lowest BCUT2D eigenvalue weighted by Crippen LogP contribution is -2.08. The Bertz CT molecular complexity index is 116. The maximum absolute atomic E-state index is 11.3. The lowest BCUT2D eigenvalue weighted by molar-refractivity contribution is -0.0981. The number of rotatable bonds is 10. The Kier molecular flexibility index (Phi) is 11.2. The summed E-state index contributed by atoms with van der Waals surface area (Å²) in [5, 5.41) is 0. The Morgan fingerprint density at radius 3 is 2.07 bits per heavy atom. The summed E-state index contributed by atoms with van der Waals surface area (Å²) in [6.45, 7) is 3.56. The van der Waals surface area contributed by atoms with Crippen LogP contribution in [0.25, 0.3) is 0 Å². The van der Waals surface area contributed by atoms with Crippen LogP contribution in [0.2, 0.25) is 0 Å². The van der Waals surface area contributed by atoms with E-state index < -0.39 is 8.60 Å². The summed E-state index contributed by atoms with van der Waals surface area (Å²) >= 11 is 0. The molecule has 0 aliphatic heterocycles. The summed E-state index contributed by atoms with van der Waals surface area (Å²) in [7, 11) is -2.53. The van der Waals surface area contributed by atoms with Gasteiger partial charge < -0.3 is 14.0 Å². The van der Waals surface area contributed by atoms with Gasteiger partial charge in [-0.2, -0.15) is 0 Å². The molecule has 0 heterocycles. The van der Waals surface area contributed by atoms with Gasteiger partial charge in [0.05, 0.1) is 26.4 Å². The normalized spacial score (nSPS) is 11.1. The molecule has 0 amide bonds. The smallest absolute Gasteiger partial charge is 0.379 e. The van der Waals surface area contributed by atoms with Gasteiger partial charge in [0, 0.05) is 6.61 Å². The highest BCUT2D eigenvalue weighted by Crippen LogP contribution is 2.39. The number of ether oxygens (including phenoxy) is 2. The van der Waals surface area contributed by atoms with Crippen LogP contribution in [0.1, 0.15) is 6.92 Å². The first-order chi connectivity index (χ1) is 6.85. The van der Waals surface area contributed by atoms with Crippen molar-refractivity contribution in [3.05, 3.63) is 0 Å². The molecule has 0 aromatic rings. The molecular weight excluding hydrogens is 221 g/mol. The molecule has 0 rings (SSSR count). The van der Waals surface area contributed by atoms with E-state index in [1.165, 1.54) is 0 Å². The van der Waals surface area contributed by atoms with E-state index in [1.807, 2.05) is 6.92 Å². The van der Waals surface area contributed by atoms with E-state index >= 15 is 0 Å². The van der Waals surface area contributed by atoms with Crippen molar-refractivity contribution in [2.45, 2.75) is 6.92 Å². The first-order valence-corrected chi connectivity index (χ1v) is 5.10. The molecule has 0 aliphatic rings.